The number of rotatable bonds is 7. The van der Waals surface area contributed by atoms with Crippen molar-refractivity contribution >= 4 is 11.8 Å². The lowest BCUT2D eigenvalue weighted by Gasteiger charge is -2.26. The van der Waals surface area contributed by atoms with Crippen molar-refractivity contribution in [3.05, 3.63) is 30.3 Å². The number of benzene rings is 1. The second kappa shape index (κ2) is 9.04. The first-order valence-electron chi connectivity index (χ1n) is 7.56. The number of ether oxygens (including phenoxy) is 2. The fourth-order valence-electron chi connectivity index (χ4n) is 2.13. The van der Waals surface area contributed by atoms with Gasteiger partial charge in [0.05, 0.1) is 26.4 Å². The van der Waals surface area contributed by atoms with Gasteiger partial charge in [0.15, 0.2) is 0 Å². The molecular formula is C16H22N2O4. The summed E-state index contributed by atoms with van der Waals surface area (Å²) in [6, 6.07) is 9.48. The summed E-state index contributed by atoms with van der Waals surface area (Å²) in [6.07, 6.45) is 0.968. The molecule has 22 heavy (non-hydrogen) atoms. The molecule has 0 bridgehead atoms. The van der Waals surface area contributed by atoms with E-state index in [1.54, 1.807) is 4.90 Å². The Morgan fingerprint density at radius 1 is 1.18 bits per heavy atom. The van der Waals surface area contributed by atoms with Gasteiger partial charge in [0.2, 0.25) is 11.8 Å². The van der Waals surface area contributed by atoms with Crippen molar-refractivity contribution in [3.63, 3.8) is 0 Å². The van der Waals surface area contributed by atoms with Crippen LogP contribution in [0.3, 0.4) is 0 Å². The number of carbonyl (C=O) groups is 2. The van der Waals surface area contributed by atoms with Crippen LogP contribution in [-0.2, 0) is 14.3 Å². The van der Waals surface area contributed by atoms with E-state index in [0.29, 0.717) is 45.8 Å². The number of carbonyl (C=O) groups excluding carboxylic acids is 2. The summed E-state index contributed by atoms with van der Waals surface area (Å²) in [5.74, 6) is 0.612. The first-order valence-corrected chi connectivity index (χ1v) is 7.56. The Balaban J connectivity index is 1.55. The van der Waals surface area contributed by atoms with Crippen molar-refractivity contribution < 1.29 is 19.1 Å². The minimum atomic E-state index is -0.127. The fourth-order valence-corrected chi connectivity index (χ4v) is 2.13. The predicted molar refractivity (Wildman–Crippen MR) is 81.6 cm³/mol. The van der Waals surface area contributed by atoms with Crippen LogP contribution in [0.5, 0.6) is 5.75 Å². The molecule has 0 unspecified atom stereocenters. The van der Waals surface area contributed by atoms with Gasteiger partial charge in [-0.1, -0.05) is 18.2 Å². The molecule has 2 rings (SSSR count). The van der Waals surface area contributed by atoms with Crippen LogP contribution in [0.15, 0.2) is 30.3 Å². The van der Waals surface area contributed by atoms with Crippen molar-refractivity contribution in [1.82, 2.24) is 10.2 Å². The van der Waals surface area contributed by atoms with Gasteiger partial charge in [-0.05, 0) is 18.6 Å². The van der Waals surface area contributed by atoms with Crippen molar-refractivity contribution in [3.8, 4) is 5.75 Å². The molecule has 0 saturated carbocycles. The third-order valence-corrected chi connectivity index (χ3v) is 3.36. The summed E-state index contributed by atoms with van der Waals surface area (Å²) in [6.45, 7) is 2.86. The standard InChI is InChI=1S/C16H22N2O4/c19-15(7-4-10-22-14-5-2-1-3-6-14)17-13-16(20)18-8-11-21-12-9-18/h1-3,5-6H,4,7-13H2,(H,17,19). The van der Waals surface area contributed by atoms with Crippen LogP contribution >= 0.6 is 0 Å². The Kier molecular flexibility index (Phi) is 6.70. The van der Waals surface area contributed by atoms with Crippen molar-refractivity contribution in [2.75, 3.05) is 39.5 Å². The maximum Gasteiger partial charge on any atom is 0.242 e. The summed E-state index contributed by atoms with van der Waals surface area (Å²) in [5, 5.41) is 2.65. The number of nitrogens with one attached hydrogen (secondary N) is 1. The van der Waals surface area contributed by atoms with E-state index in [4.69, 9.17) is 9.47 Å². The van der Waals surface area contributed by atoms with Crippen molar-refractivity contribution in [1.29, 1.82) is 0 Å². The molecule has 0 aromatic heterocycles. The van der Waals surface area contributed by atoms with Gasteiger partial charge in [-0.15, -0.1) is 0 Å². The molecule has 0 spiro atoms. The van der Waals surface area contributed by atoms with E-state index in [0.717, 1.165) is 5.75 Å². The molecule has 1 N–H and O–H groups in total. The number of hydrogen-bond acceptors (Lipinski definition) is 4. The molecule has 1 aliphatic heterocycles. The van der Waals surface area contributed by atoms with Crippen LogP contribution < -0.4 is 10.1 Å². The summed E-state index contributed by atoms with van der Waals surface area (Å²) < 4.78 is 10.7. The third kappa shape index (κ3) is 5.73. The average Bonchev–Trinajstić information content (AvgIpc) is 2.58. The van der Waals surface area contributed by atoms with Crippen LogP contribution in [0.1, 0.15) is 12.8 Å². The highest BCUT2D eigenvalue weighted by Crippen LogP contribution is 2.08. The summed E-state index contributed by atoms with van der Waals surface area (Å²) >= 11 is 0. The van der Waals surface area contributed by atoms with Crippen LogP contribution in [-0.4, -0.2) is 56.2 Å². The summed E-state index contributed by atoms with van der Waals surface area (Å²) in [4.78, 5) is 25.2. The lowest BCUT2D eigenvalue weighted by atomic mass is 10.3. The van der Waals surface area contributed by atoms with Crippen molar-refractivity contribution in [2.45, 2.75) is 12.8 Å². The molecule has 6 nitrogen and oxygen atoms in total. The quantitative estimate of drug-likeness (QED) is 0.757. The van der Waals surface area contributed by atoms with Gasteiger partial charge in [-0.3, -0.25) is 9.59 Å². The normalized spacial score (nSPS) is 14.5. The van der Waals surface area contributed by atoms with Gasteiger partial charge >= 0.3 is 0 Å². The van der Waals surface area contributed by atoms with Crippen LogP contribution in [0.2, 0.25) is 0 Å². The molecule has 1 fully saturated rings. The Hall–Kier alpha value is -2.08. The lowest BCUT2D eigenvalue weighted by Crippen LogP contribution is -2.45. The number of hydrogen-bond donors (Lipinski definition) is 1. The Morgan fingerprint density at radius 3 is 2.64 bits per heavy atom. The Labute approximate surface area is 130 Å². The topological polar surface area (TPSA) is 67.9 Å². The van der Waals surface area contributed by atoms with Crippen molar-refractivity contribution in [2.24, 2.45) is 0 Å². The molecule has 0 atom stereocenters. The highest BCUT2D eigenvalue weighted by molar-refractivity contribution is 5.84. The Morgan fingerprint density at radius 2 is 1.91 bits per heavy atom. The molecule has 1 aliphatic rings. The molecule has 6 heteroatoms. The van der Waals surface area contributed by atoms with E-state index in [1.807, 2.05) is 30.3 Å². The second-order valence-electron chi connectivity index (χ2n) is 5.03. The van der Waals surface area contributed by atoms with Crippen LogP contribution in [0.4, 0.5) is 0 Å². The highest BCUT2D eigenvalue weighted by atomic mass is 16.5. The van der Waals surface area contributed by atoms with Gasteiger partial charge in [-0.25, -0.2) is 0 Å². The molecule has 0 aliphatic carbocycles. The van der Waals surface area contributed by atoms with Gasteiger partial charge < -0.3 is 19.7 Å². The summed E-state index contributed by atoms with van der Waals surface area (Å²) in [7, 11) is 0. The van der Waals surface area contributed by atoms with Gasteiger partial charge in [0, 0.05) is 19.5 Å². The molecular weight excluding hydrogens is 284 g/mol. The molecule has 1 heterocycles. The first kappa shape index (κ1) is 16.3. The number of para-hydroxylation sites is 1. The molecule has 1 aromatic carbocycles. The first-order chi connectivity index (χ1) is 10.8. The minimum Gasteiger partial charge on any atom is -0.494 e. The molecule has 1 aromatic rings. The fraction of sp³-hybridized carbons (Fsp3) is 0.500. The van der Waals surface area contributed by atoms with E-state index in [9.17, 15) is 9.59 Å². The zero-order chi connectivity index (χ0) is 15.6. The molecule has 2 amide bonds. The predicted octanol–water partition coefficient (Wildman–Crippen LogP) is 0.821. The number of amides is 2. The van der Waals surface area contributed by atoms with E-state index in [1.165, 1.54) is 0 Å². The summed E-state index contributed by atoms with van der Waals surface area (Å²) in [5.41, 5.74) is 0. The minimum absolute atomic E-state index is 0.0539. The van der Waals surface area contributed by atoms with Gasteiger partial charge in [-0.2, -0.15) is 0 Å². The highest BCUT2D eigenvalue weighted by Gasteiger charge is 2.16. The second-order valence-corrected chi connectivity index (χ2v) is 5.03. The third-order valence-electron chi connectivity index (χ3n) is 3.36. The largest absolute Gasteiger partial charge is 0.494 e. The smallest absolute Gasteiger partial charge is 0.242 e. The van der Waals surface area contributed by atoms with E-state index < -0.39 is 0 Å². The Bertz CT molecular complexity index is 472. The zero-order valence-electron chi connectivity index (χ0n) is 12.6. The monoisotopic (exact) mass is 306 g/mol. The van der Waals surface area contributed by atoms with E-state index >= 15 is 0 Å². The number of nitrogens with zero attached hydrogens (tertiary/aromatic N) is 1. The van der Waals surface area contributed by atoms with E-state index in [2.05, 4.69) is 5.32 Å². The maximum atomic E-state index is 11.8. The van der Waals surface area contributed by atoms with Gasteiger partial charge in [0.1, 0.15) is 5.75 Å². The molecule has 0 radical (unpaired) electrons. The van der Waals surface area contributed by atoms with Crippen LogP contribution in [0.25, 0.3) is 0 Å². The average molecular weight is 306 g/mol. The number of morpholine rings is 1. The molecule has 1 saturated heterocycles. The van der Waals surface area contributed by atoms with Crippen LogP contribution in [0, 0.1) is 0 Å². The SMILES string of the molecule is O=C(CCCOc1ccccc1)NCC(=O)N1CCOCC1. The zero-order valence-corrected chi connectivity index (χ0v) is 12.6. The lowest BCUT2D eigenvalue weighted by molar-refractivity contribution is -0.136. The maximum absolute atomic E-state index is 11.8. The van der Waals surface area contributed by atoms with Gasteiger partial charge in [0.25, 0.3) is 0 Å². The molecule has 120 valence electrons. The van der Waals surface area contributed by atoms with E-state index in [-0.39, 0.29) is 18.4 Å².